The second-order valence-corrected chi connectivity index (χ2v) is 2.45. The van der Waals surface area contributed by atoms with Crippen LogP contribution in [-0.4, -0.2) is 28.2 Å². The molecule has 11 heavy (non-hydrogen) atoms. The summed E-state index contributed by atoms with van der Waals surface area (Å²) in [6.45, 7) is 1.45. The molecule has 0 amide bonds. The molecule has 5 nitrogen and oxygen atoms in total. The van der Waals surface area contributed by atoms with E-state index in [1.54, 1.807) is 0 Å². The van der Waals surface area contributed by atoms with Crippen LogP contribution in [0.5, 0.6) is 0 Å². The Morgan fingerprint density at radius 2 is 2.09 bits per heavy atom. The zero-order valence-electron chi connectivity index (χ0n) is 6.20. The Morgan fingerprint density at radius 3 is 2.36 bits per heavy atom. The molecule has 2 atom stereocenters. The molecule has 0 heterocycles. The van der Waals surface area contributed by atoms with Gasteiger partial charge < -0.3 is 15.9 Å². The van der Waals surface area contributed by atoms with Crippen LogP contribution in [0.2, 0.25) is 0 Å². The summed E-state index contributed by atoms with van der Waals surface area (Å²) in [6, 6.07) is -0.971. The monoisotopic (exact) mass is 162 g/mol. The molecule has 0 saturated carbocycles. The van der Waals surface area contributed by atoms with Gasteiger partial charge in [0.15, 0.2) is 6.04 Å². The first-order valence-electron chi connectivity index (χ1n) is 3.19. The van der Waals surface area contributed by atoms with Crippen molar-refractivity contribution >= 4 is 11.9 Å². The molecule has 0 aromatic carbocycles. The number of aliphatic carboxylic acids is 1. The Balaban J connectivity index is 3.84. The predicted octanol–water partition coefficient (Wildman–Crippen LogP) is -1.32. The highest BCUT2D eigenvalue weighted by Crippen LogP contribution is 2.04. The fraction of sp³-hybridized carbons (Fsp3) is 0.667. The average molecular weight is 162 g/mol. The van der Waals surface area contributed by atoms with Crippen LogP contribution in [0.25, 0.3) is 0 Å². The Bertz CT molecular complexity index is 150. The zero-order chi connectivity index (χ0) is 9.02. The smallest absolute Gasteiger partial charge is 0.532 e. The van der Waals surface area contributed by atoms with E-state index < -0.39 is 23.9 Å². The minimum Gasteiger partial charge on any atom is -0.564 e. The summed E-state index contributed by atoms with van der Waals surface area (Å²) in [7, 11) is 0. The summed E-state index contributed by atoms with van der Waals surface area (Å²) < 4.78 is 0. The third-order valence-corrected chi connectivity index (χ3v) is 1.37. The molecular weight excluding hydrogens is 150 g/mol. The molecule has 0 aliphatic rings. The average Bonchev–Trinajstić information content (AvgIpc) is 1.87. The molecule has 0 radical (unpaired) electrons. The van der Waals surface area contributed by atoms with Gasteiger partial charge in [-0.25, -0.2) is 0 Å². The fourth-order valence-corrected chi connectivity index (χ4v) is 0.589. The highest BCUT2D eigenvalue weighted by molar-refractivity contribution is 5.75. The van der Waals surface area contributed by atoms with Crippen LogP contribution >= 0.6 is 0 Å². The molecule has 0 rings (SSSR count). The van der Waals surface area contributed by atoms with Crippen LogP contribution in [0.4, 0.5) is 0 Å². The Hall–Kier alpha value is -1.10. The summed E-state index contributed by atoms with van der Waals surface area (Å²) in [5.41, 5.74) is 5.15. The molecule has 0 saturated heterocycles. The van der Waals surface area contributed by atoms with Gasteiger partial charge in [-0.2, -0.15) is 0 Å². The fourth-order valence-electron chi connectivity index (χ4n) is 0.589. The first-order valence-corrected chi connectivity index (χ1v) is 3.19. The van der Waals surface area contributed by atoms with Crippen molar-refractivity contribution in [1.29, 1.82) is 0 Å². The largest absolute Gasteiger partial charge is 0.564 e. The lowest BCUT2D eigenvalue weighted by molar-refractivity contribution is -0.143. The number of rotatable bonds is 4. The molecule has 64 valence electrons. The van der Waals surface area contributed by atoms with Crippen molar-refractivity contribution in [1.82, 2.24) is 0 Å². The van der Waals surface area contributed by atoms with E-state index in [0.29, 0.717) is 0 Å². The van der Waals surface area contributed by atoms with E-state index in [4.69, 9.17) is 15.9 Å². The Morgan fingerprint density at radius 1 is 1.64 bits per heavy atom. The molecule has 0 aliphatic carbocycles. The molecule has 0 aliphatic heterocycles. The van der Waals surface area contributed by atoms with Crippen molar-refractivity contribution in [3.63, 3.8) is 0 Å². The van der Waals surface area contributed by atoms with Gasteiger partial charge in [0.25, 0.3) is 0 Å². The van der Waals surface area contributed by atoms with Gasteiger partial charge in [-0.15, -0.1) is 0 Å². The number of hydrogen-bond donors (Lipinski definition) is 2. The summed E-state index contributed by atoms with van der Waals surface area (Å²) in [4.78, 5) is 20.5. The summed E-state index contributed by atoms with van der Waals surface area (Å²) in [5, 5.41) is 14.9. The minimum atomic E-state index is -0.998. The lowest BCUT2D eigenvalue weighted by atomic mass is 10.0. The number of hydrogen-bond acceptors (Lipinski definition) is 3. The van der Waals surface area contributed by atoms with Gasteiger partial charge in [0, 0.05) is 4.79 Å². The molecular formula is C6H12NO4+. The van der Waals surface area contributed by atoms with E-state index in [-0.39, 0.29) is 6.42 Å². The SMILES string of the molecule is C[C@H](C[C@H](N)C(=O)[OH2+])C(=O)O. The number of carboxylic acid groups (broad SMARTS) is 1. The molecule has 0 bridgehead atoms. The van der Waals surface area contributed by atoms with Crippen LogP contribution in [0, 0.1) is 5.92 Å². The quantitative estimate of drug-likeness (QED) is 0.500. The van der Waals surface area contributed by atoms with Gasteiger partial charge in [-0.05, 0) is 6.42 Å². The molecule has 5 heteroatoms. The second kappa shape index (κ2) is 3.92. The van der Waals surface area contributed by atoms with E-state index in [1.165, 1.54) is 6.92 Å². The van der Waals surface area contributed by atoms with Crippen molar-refractivity contribution in [3.8, 4) is 0 Å². The predicted molar refractivity (Wildman–Crippen MR) is 38.0 cm³/mol. The standard InChI is InChI=1S/C6H11NO4/c1-3(5(8)9)2-4(7)6(10)11/h3-4H,2,7H2,1H3,(H,8,9)(H,10,11)/p+1/t3-,4+/m1/s1. The van der Waals surface area contributed by atoms with Gasteiger partial charge >= 0.3 is 11.9 Å². The first-order chi connectivity index (χ1) is 4.95. The third kappa shape index (κ3) is 3.57. The molecule has 0 spiro atoms. The van der Waals surface area contributed by atoms with Gasteiger partial charge in [0.1, 0.15) is 0 Å². The van der Waals surface area contributed by atoms with Crippen LogP contribution in [0.3, 0.4) is 0 Å². The van der Waals surface area contributed by atoms with E-state index in [2.05, 4.69) is 0 Å². The topological polar surface area (TPSA) is 103 Å². The Kier molecular flexibility index (Phi) is 3.53. The molecule has 0 unspecified atom stereocenters. The van der Waals surface area contributed by atoms with E-state index in [9.17, 15) is 9.59 Å². The number of carboxylic acids is 1. The van der Waals surface area contributed by atoms with Crippen molar-refractivity contribution < 1.29 is 19.8 Å². The minimum absolute atomic E-state index is 0.0255. The highest BCUT2D eigenvalue weighted by atomic mass is 16.4. The van der Waals surface area contributed by atoms with Crippen LogP contribution in [-0.2, 0) is 9.59 Å². The normalized spacial score (nSPS) is 15.5. The Labute approximate surface area is 63.8 Å². The summed E-state index contributed by atoms with van der Waals surface area (Å²) in [6.07, 6.45) is 0.0255. The van der Waals surface area contributed by atoms with E-state index in [0.717, 1.165) is 0 Å². The van der Waals surface area contributed by atoms with E-state index in [1.807, 2.05) is 0 Å². The molecule has 0 aromatic rings. The lowest BCUT2D eigenvalue weighted by Gasteiger charge is -2.05. The lowest BCUT2D eigenvalue weighted by Crippen LogP contribution is -2.33. The van der Waals surface area contributed by atoms with Crippen LogP contribution in [0.15, 0.2) is 0 Å². The van der Waals surface area contributed by atoms with Crippen molar-refractivity contribution in [2.75, 3.05) is 0 Å². The number of nitrogens with two attached hydrogens (primary N) is 1. The van der Waals surface area contributed by atoms with Crippen molar-refractivity contribution in [2.24, 2.45) is 11.7 Å². The summed E-state index contributed by atoms with van der Waals surface area (Å²) in [5.74, 6) is -2.58. The maximum atomic E-state index is 10.3. The molecule has 0 fully saturated rings. The summed E-state index contributed by atoms with van der Waals surface area (Å²) >= 11 is 0. The van der Waals surface area contributed by atoms with Crippen molar-refractivity contribution in [2.45, 2.75) is 19.4 Å². The second-order valence-electron chi connectivity index (χ2n) is 2.45. The van der Waals surface area contributed by atoms with Gasteiger partial charge in [0.2, 0.25) is 0 Å². The zero-order valence-corrected chi connectivity index (χ0v) is 6.20. The molecule has 5 N–H and O–H groups in total. The first kappa shape index (κ1) is 9.90. The molecule has 0 aromatic heterocycles. The van der Waals surface area contributed by atoms with Crippen LogP contribution < -0.4 is 5.73 Å². The third-order valence-electron chi connectivity index (χ3n) is 1.37. The van der Waals surface area contributed by atoms with Gasteiger partial charge in [-0.1, -0.05) is 6.92 Å². The number of carbonyl (C=O) groups is 2. The van der Waals surface area contributed by atoms with Crippen LogP contribution in [0.1, 0.15) is 13.3 Å². The number of carbonyl (C=O) groups excluding carboxylic acids is 1. The maximum absolute atomic E-state index is 10.3. The van der Waals surface area contributed by atoms with Gasteiger partial charge in [-0.3, -0.25) is 4.79 Å². The highest BCUT2D eigenvalue weighted by Gasteiger charge is 2.24. The van der Waals surface area contributed by atoms with Crippen molar-refractivity contribution in [3.05, 3.63) is 0 Å². The van der Waals surface area contributed by atoms with Gasteiger partial charge in [0.05, 0.1) is 5.92 Å². The maximum Gasteiger partial charge on any atom is 0.532 e. The van der Waals surface area contributed by atoms with E-state index >= 15 is 0 Å².